The SMILES string of the molecule is C=CCO[C@H]1O[C@H](CO[C@@H]2O[C@@H](C)[C@H](OC(=O)c3ccccc3)[C@@H](OC(=O)c3ccccc3)[C@H]2OC(=O)c2ccccc2)[C@@H](OC(=O)c2ccccc2)[C@H](OC(=O)c2ccccc2)[C@H]1O[C@H]1O[C@H](COC(=O)c2ccccc2)[C@@H](OC(=O)c2ccccc2)[C@H](OC(=O)c2ccccc2)[C@@H]1OC(C)=O. The summed E-state index contributed by atoms with van der Waals surface area (Å²) < 4.78 is 96.1. The van der Waals surface area contributed by atoms with Gasteiger partial charge in [0, 0.05) is 6.92 Å². The fourth-order valence-corrected chi connectivity index (χ4v) is 11.5. The molecule has 3 fully saturated rings. The smallest absolute Gasteiger partial charge is 0.338 e. The molecule has 3 heterocycles. The second-order valence-corrected chi connectivity index (χ2v) is 23.5. The lowest BCUT2D eigenvalue weighted by Gasteiger charge is -2.49. The van der Waals surface area contributed by atoms with Crippen molar-refractivity contribution in [2.75, 3.05) is 19.8 Å². The van der Waals surface area contributed by atoms with Gasteiger partial charge in [-0.15, -0.1) is 6.58 Å². The standard InChI is InChI=1S/C79H70O24/c1-4-45-89-77-67(103-79-68(93-49(3)80)65(101-75(87)56-41-25-11-26-42-56)61(97-71(83)52-33-17-7-18-34-52)58(95-79)46-90-69(81)50-29-13-5-14-30-50)64(100-74(86)55-39-23-10-24-40-55)62(98-72(84)53-35-19-8-20-36-53)59(94-77)47-91-78-66(102-76(88)57-43-27-12-28-44-57)63(99-73(85)54-37-21-9-22-38-54)60(48(2)92-78)96-70(82)51-31-15-6-16-32-51/h4-44,48,58-68,77-79H,1,45-47H2,2-3H3/t48-,58+,59+,60-,61+,62+,63+,64-,65-,66+,67+,68-,77-,78+,79+/m0/s1. The van der Waals surface area contributed by atoms with Gasteiger partial charge in [0.2, 0.25) is 0 Å². The van der Waals surface area contributed by atoms with Crippen molar-refractivity contribution < 1.29 is 114 Å². The van der Waals surface area contributed by atoms with Gasteiger partial charge in [0.15, 0.2) is 73.8 Å². The molecule has 0 unspecified atom stereocenters. The van der Waals surface area contributed by atoms with Crippen molar-refractivity contribution in [3.8, 4) is 0 Å². The number of carbonyl (C=O) groups excluding carboxylic acids is 9. The summed E-state index contributed by atoms with van der Waals surface area (Å²) in [6.45, 7) is 4.41. The molecule has 0 aromatic heterocycles. The van der Waals surface area contributed by atoms with E-state index in [1.165, 1.54) is 110 Å². The predicted molar refractivity (Wildman–Crippen MR) is 360 cm³/mol. The van der Waals surface area contributed by atoms with E-state index in [0.717, 1.165) is 6.92 Å². The maximum Gasteiger partial charge on any atom is 0.338 e. The van der Waals surface area contributed by atoms with Gasteiger partial charge in [0.25, 0.3) is 0 Å². The van der Waals surface area contributed by atoms with E-state index in [4.69, 9.17) is 71.1 Å². The highest BCUT2D eigenvalue weighted by Crippen LogP contribution is 2.39. The average molecular weight is 1400 g/mol. The lowest BCUT2D eigenvalue weighted by molar-refractivity contribution is -0.369. The first-order valence-corrected chi connectivity index (χ1v) is 32.8. The van der Waals surface area contributed by atoms with Crippen molar-refractivity contribution in [2.24, 2.45) is 0 Å². The third-order valence-corrected chi connectivity index (χ3v) is 16.5. The monoisotopic (exact) mass is 1400 g/mol. The fraction of sp³-hybridized carbons (Fsp3) is 0.253. The lowest BCUT2D eigenvalue weighted by Crippen LogP contribution is -2.67. The first-order valence-electron chi connectivity index (χ1n) is 32.8. The highest BCUT2D eigenvalue weighted by Gasteiger charge is 2.59. The van der Waals surface area contributed by atoms with Gasteiger partial charge in [-0.25, -0.2) is 38.4 Å². The van der Waals surface area contributed by atoms with Crippen molar-refractivity contribution in [3.05, 3.63) is 300 Å². The lowest BCUT2D eigenvalue weighted by atomic mass is 9.95. The van der Waals surface area contributed by atoms with Gasteiger partial charge >= 0.3 is 53.7 Å². The van der Waals surface area contributed by atoms with Gasteiger partial charge in [-0.1, -0.05) is 152 Å². The number of benzene rings is 8. The van der Waals surface area contributed by atoms with Gasteiger partial charge in [-0.2, -0.15) is 0 Å². The summed E-state index contributed by atoms with van der Waals surface area (Å²) in [6, 6.07) is 61.9. The number of ether oxygens (including phenoxy) is 15. The zero-order valence-electron chi connectivity index (χ0n) is 55.5. The minimum atomic E-state index is -2.10. The van der Waals surface area contributed by atoms with Crippen LogP contribution in [0.3, 0.4) is 0 Å². The molecule has 0 bridgehead atoms. The molecular weight excluding hydrogens is 1330 g/mol. The van der Waals surface area contributed by atoms with Gasteiger partial charge in [-0.05, 0) is 104 Å². The molecule has 24 heteroatoms. The molecule has 3 saturated heterocycles. The van der Waals surface area contributed by atoms with E-state index in [2.05, 4.69) is 6.58 Å². The number of hydrogen-bond donors (Lipinski definition) is 0. The van der Waals surface area contributed by atoms with Crippen molar-refractivity contribution >= 4 is 53.7 Å². The summed E-state index contributed by atoms with van der Waals surface area (Å²) in [6.07, 6.45) is -25.7. The van der Waals surface area contributed by atoms with Crippen LogP contribution >= 0.6 is 0 Å². The molecular formula is C79H70O24. The molecule has 0 radical (unpaired) electrons. The summed E-state index contributed by atoms with van der Waals surface area (Å²) in [7, 11) is 0. The van der Waals surface area contributed by atoms with Gasteiger partial charge in [0.1, 0.15) is 18.8 Å². The summed E-state index contributed by atoms with van der Waals surface area (Å²) >= 11 is 0. The number of hydrogen-bond acceptors (Lipinski definition) is 24. The second kappa shape index (κ2) is 35.2. The van der Waals surface area contributed by atoms with Gasteiger partial charge in [-0.3, -0.25) is 4.79 Å². The maximum atomic E-state index is 15.0. The van der Waals surface area contributed by atoms with Crippen LogP contribution in [0.15, 0.2) is 255 Å². The average Bonchev–Trinajstić information content (AvgIpc) is 0.774. The third-order valence-electron chi connectivity index (χ3n) is 16.5. The first kappa shape index (κ1) is 72.7. The summed E-state index contributed by atoms with van der Waals surface area (Å²) in [5.74, 6) is -8.73. The minimum absolute atomic E-state index is 0.0141. The van der Waals surface area contributed by atoms with Crippen LogP contribution in [0.25, 0.3) is 0 Å². The van der Waals surface area contributed by atoms with Crippen molar-refractivity contribution in [1.82, 2.24) is 0 Å². The van der Waals surface area contributed by atoms with Crippen LogP contribution in [0.4, 0.5) is 0 Å². The molecule has 24 nitrogen and oxygen atoms in total. The molecule has 0 aliphatic carbocycles. The summed E-state index contributed by atoms with van der Waals surface area (Å²) in [5.41, 5.74) is 0.258. The third kappa shape index (κ3) is 18.7. The molecule has 0 N–H and O–H groups in total. The Labute approximate surface area is 591 Å². The topological polar surface area (TPSA) is 292 Å². The van der Waals surface area contributed by atoms with Crippen LogP contribution in [0.1, 0.15) is 96.7 Å². The normalized spacial score (nSPS) is 24.2. The Morgan fingerprint density at radius 3 is 0.932 bits per heavy atom. The summed E-state index contributed by atoms with van der Waals surface area (Å²) in [5, 5.41) is 0. The molecule has 103 heavy (non-hydrogen) atoms. The quantitative estimate of drug-likeness (QED) is 0.0276. The zero-order valence-corrected chi connectivity index (χ0v) is 55.5. The van der Waals surface area contributed by atoms with Crippen LogP contribution in [0.2, 0.25) is 0 Å². The highest BCUT2D eigenvalue weighted by molar-refractivity contribution is 5.93. The molecule has 3 aliphatic heterocycles. The molecule has 3 aliphatic rings. The van der Waals surface area contributed by atoms with Crippen LogP contribution < -0.4 is 0 Å². The largest absolute Gasteiger partial charge is 0.459 e. The molecule has 15 atom stereocenters. The Hall–Kier alpha value is -11.5. The van der Waals surface area contributed by atoms with Crippen molar-refractivity contribution in [1.29, 1.82) is 0 Å². The Morgan fingerprint density at radius 1 is 0.311 bits per heavy atom. The van der Waals surface area contributed by atoms with E-state index in [1.807, 2.05) is 0 Å². The summed E-state index contributed by atoms with van der Waals surface area (Å²) in [4.78, 5) is 129. The number of esters is 9. The van der Waals surface area contributed by atoms with Crippen molar-refractivity contribution in [3.63, 3.8) is 0 Å². The predicted octanol–water partition coefficient (Wildman–Crippen LogP) is 10.2. The fourth-order valence-electron chi connectivity index (χ4n) is 11.5. The number of carbonyl (C=O) groups is 9. The van der Waals surface area contributed by atoms with Crippen LogP contribution in [0, 0.1) is 0 Å². The Bertz CT molecular complexity index is 4180. The maximum absolute atomic E-state index is 15.0. The second-order valence-electron chi connectivity index (χ2n) is 23.5. The van der Waals surface area contributed by atoms with E-state index in [1.54, 1.807) is 146 Å². The van der Waals surface area contributed by atoms with Gasteiger partial charge < -0.3 is 71.1 Å². The molecule has 8 aromatic rings. The van der Waals surface area contributed by atoms with Crippen LogP contribution in [-0.2, 0) is 75.8 Å². The molecule has 0 spiro atoms. The van der Waals surface area contributed by atoms with Crippen LogP contribution in [0.5, 0.6) is 0 Å². The molecule has 8 aromatic carbocycles. The van der Waals surface area contributed by atoms with E-state index in [0.29, 0.717) is 0 Å². The Kier molecular flexibility index (Phi) is 24.9. The van der Waals surface area contributed by atoms with E-state index >= 15 is 0 Å². The van der Waals surface area contributed by atoms with Crippen LogP contribution in [-0.4, -0.2) is 166 Å². The number of rotatable bonds is 26. The van der Waals surface area contributed by atoms with E-state index in [9.17, 15) is 43.2 Å². The van der Waals surface area contributed by atoms with Crippen molar-refractivity contribution in [2.45, 2.75) is 106 Å². The van der Waals surface area contributed by atoms with E-state index in [-0.39, 0.29) is 51.1 Å². The zero-order chi connectivity index (χ0) is 72.2. The molecule has 530 valence electrons. The molecule has 11 rings (SSSR count). The molecule has 0 saturated carbocycles. The minimum Gasteiger partial charge on any atom is -0.459 e. The first-order chi connectivity index (χ1) is 50.1. The molecule has 0 amide bonds. The highest BCUT2D eigenvalue weighted by atomic mass is 16.8. The van der Waals surface area contributed by atoms with Gasteiger partial charge in [0.05, 0.1) is 63.8 Å². The Morgan fingerprint density at radius 2 is 0.583 bits per heavy atom. The Balaban J connectivity index is 1.02. The van der Waals surface area contributed by atoms with E-state index < -0.39 is 159 Å².